The second kappa shape index (κ2) is 8.93. The van der Waals surface area contributed by atoms with Crippen LogP contribution >= 0.6 is 24.0 Å². The SMILES string of the molecule is Cc1cnc(Nc2cncnc2)c(OC(=O)Nc2cccc(Cl)c2)n1.Cl. The van der Waals surface area contributed by atoms with Crippen LogP contribution in [0.4, 0.5) is 22.0 Å². The molecule has 0 atom stereocenters. The Balaban J connectivity index is 0.00000243. The van der Waals surface area contributed by atoms with Crippen LogP contribution in [0.25, 0.3) is 0 Å². The molecule has 1 amide bonds. The number of anilines is 3. The molecule has 1 aromatic carbocycles. The van der Waals surface area contributed by atoms with Crippen molar-refractivity contribution in [1.82, 2.24) is 19.9 Å². The highest BCUT2D eigenvalue weighted by Gasteiger charge is 2.14. The number of aryl methyl sites for hydroxylation is 1. The van der Waals surface area contributed by atoms with Gasteiger partial charge in [-0.2, -0.15) is 0 Å². The van der Waals surface area contributed by atoms with Gasteiger partial charge in [0.15, 0.2) is 5.82 Å². The topological polar surface area (TPSA) is 102 Å². The maximum Gasteiger partial charge on any atom is 0.418 e. The molecule has 0 aliphatic carbocycles. The summed E-state index contributed by atoms with van der Waals surface area (Å²) in [5.41, 5.74) is 1.69. The van der Waals surface area contributed by atoms with Crippen LogP contribution in [-0.4, -0.2) is 26.0 Å². The molecule has 2 N–H and O–H groups in total. The number of amides is 1. The van der Waals surface area contributed by atoms with Crippen molar-refractivity contribution in [1.29, 1.82) is 0 Å². The van der Waals surface area contributed by atoms with E-state index >= 15 is 0 Å². The van der Waals surface area contributed by atoms with Crippen molar-refractivity contribution in [2.75, 3.05) is 10.6 Å². The zero-order valence-electron chi connectivity index (χ0n) is 13.5. The number of aromatic nitrogens is 4. The molecule has 3 rings (SSSR count). The van der Waals surface area contributed by atoms with Gasteiger partial charge in [0.25, 0.3) is 5.88 Å². The quantitative estimate of drug-likeness (QED) is 0.691. The molecule has 26 heavy (non-hydrogen) atoms. The van der Waals surface area contributed by atoms with Gasteiger partial charge in [-0.25, -0.2) is 24.7 Å². The maximum absolute atomic E-state index is 12.1. The minimum absolute atomic E-state index is 0. The van der Waals surface area contributed by atoms with Crippen LogP contribution in [0, 0.1) is 6.92 Å². The Labute approximate surface area is 160 Å². The number of carbonyl (C=O) groups excluding carboxylic acids is 1. The fourth-order valence-electron chi connectivity index (χ4n) is 1.91. The summed E-state index contributed by atoms with van der Waals surface area (Å²) in [7, 11) is 0. The monoisotopic (exact) mass is 392 g/mol. The molecule has 0 radical (unpaired) electrons. The molecular formula is C16H14Cl2N6O2. The summed E-state index contributed by atoms with van der Waals surface area (Å²) in [6.07, 6.45) is 5.36. The third kappa shape index (κ3) is 5.27. The lowest BCUT2D eigenvalue weighted by Gasteiger charge is -2.11. The van der Waals surface area contributed by atoms with E-state index in [1.165, 1.54) is 6.33 Å². The van der Waals surface area contributed by atoms with Gasteiger partial charge in [0.05, 0.1) is 30.0 Å². The van der Waals surface area contributed by atoms with E-state index in [0.717, 1.165) is 0 Å². The normalized spacial score (nSPS) is 9.77. The van der Waals surface area contributed by atoms with E-state index in [9.17, 15) is 4.79 Å². The summed E-state index contributed by atoms with van der Waals surface area (Å²) < 4.78 is 5.27. The molecule has 0 saturated heterocycles. The second-order valence-electron chi connectivity index (χ2n) is 4.94. The number of hydrogen-bond donors (Lipinski definition) is 2. The smallest absolute Gasteiger partial charge is 0.387 e. The van der Waals surface area contributed by atoms with E-state index in [1.807, 2.05) is 0 Å². The molecular weight excluding hydrogens is 379 g/mol. The van der Waals surface area contributed by atoms with E-state index in [-0.39, 0.29) is 24.1 Å². The predicted molar refractivity (Wildman–Crippen MR) is 100 cm³/mol. The van der Waals surface area contributed by atoms with Gasteiger partial charge in [-0.3, -0.25) is 5.32 Å². The van der Waals surface area contributed by atoms with Crippen molar-refractivity contribution in [3.05, 3.63) is 59.9 Å². The highest BCUT2D eigenvalue weighted by Crippen LogP contribution is 2.23. The molecule has 3 aromatic rings. The molecule has 134 valence electrons. The van der Waals surface area contributed by atoms with Crippen LogP contribution in [0.5, 0.6) is 5.88 Å². The van der Waals surface area contributed by atoms with E-state index in [0.29, 0.717) is 22.1 Å². The minimum Gasteiger partial charge on any atom is -0.387 e. The molecule has 2 aromatic heterocycles. The fourth-order valence-corrected chi connectivity index (χ4v) is 2.10. The number of halogens is 2. The number of carbonyl (C=O) groups is 1. The van der Waals surface area contributed by atoms with E-state index < -0.39 is 6.09 Å². The summed E-state index contributed by atoms with van der Waals surface area (Å²) in [5, 5.41) is 6.03. The molecule has 0 spiro atoms. The standard InChI is InChI=1S/C16H13ClN6O2.ClH/c1-10-6-20-14(22-13-7-18-9-19-8-13)15(21-10)25-16(24)23-12-4-2-3-11(17)5-12;/h2-9H,1H3,(H,20,22)(H,23,24);1H. The lowest BCUT2D eigenvalue weighted by atomic mass is 10.3. The van der Waals surface area contributed by atoms with Crippen LogP contribution in [0.1, 0.15) is 5.69 Å². The van der Waals surface area contributed by atoms with Crippen LogP contribution in [0.2, 0.25) is 5.02 Å². The number of benzene rings is 1. The lowest BCUT2D eigenvalue weighted by Crippen LogP contribution is -2.18. The van der Waals surface area contributed by atoms with Crippen LogP contribution in [0.3, 0.4) is 0 Å². The Morgan fingerprint density at radius 2 is 1.92 bits per heavy atom. The van der Waals surface area contributed by atoms with Gasteiger partial charge < -0.3 is 10.1 Å². The highest BCUT2D eigenvalue weighted by molar-refractivity contribution is 6.30. The Hall–Kier alpha value is -2.97. The van der Waals surface area contributed by atoms with E-state index in [2.05, 4.69) is 30.6 Å². The molecule has 0 bridgehead atoms. The molecule has 8 nitrogen and oxygen atoms in total. The first-order chi connectivity index (χ1) is 12.1. The molecule has 0 saturated carbocycles. The molecule has 2 heterocycles. The first-order valence-electron chi connectivity index (χ1n) is 7.20. The van der Waals surface area contributed by atoms with Crippen molar-refractivity contribution >= 4 is 47.3 Å². The Bertz CT molecular complexity index is 895. The number of nitrogens with zero attached hydrogens (tertiary/aromatic N) is 4. The summed E-state index contributed by atoms with van der Waals surface area (Å²) in [5.74, 6) is 0.296. The third-order valence-electron chi connectivity index (χ3n) is 2.94. The van der Waals surface area contributed by atoms with E-state index in [4.69, 9.17) is 16.3 Å². The first kappa shape index (κ1) is 19.4. The van der Waals surface area contributed by atoms with Gasteiger partial charge in [-0.05, 0) is 25.1 Å². The maximum atomic E-state index is 12.1. The predicted octanol–water partition coefficient (Wildman–Crippen LogP) is 4.00. The number of hydrogen-bond acceptors (Lipinski definition) is 7. The number of ether oxygens (including phenoxy) is 1. The van der Waals surface area contributed by atoms with Gasteiger partial charge in [-0.1, -0.05) is 17.7 Å². The van der Waals surface area contributed by atoms with Crippen LogP contribution < -0.4 is 15.4 Å². The molecule has 10 heteroatoms. The summed E-state index contributed by atoms with van der Waals surface area (Å²) >= 11 is 5.89. The Kier molecular flexibility index (Phi) is 6.65. The van der Waals surface area contributed by atoms with Gasteiger partial charge >= 0.3 is 6.09 Å². The van der Waals surface area contributed by atoms with Gasteiger partial charge in [-0.15, -0.1) is 12.4 Å². The Morgan fingerprint density at radius 1 is 1.15 bits per heavy atom. The van der Waals surface area contributed by atoms with Crippen molar-refractivity contribution in [3.63, 3.8) is 0 Å². The average Bonchev–Trinajstić information content (AvgIpc) is 2.58. The fraction of sp³-hybridized carbons (Fsp3) is 0.0625. The summed E-state index contributed by atoms with van der Waals surface area (Å²) in [6.45, 7) is 1.74. The van der Waals surface area contributed by atoms with Crippen LogP contribution in [0.15, 0.2) is 49.2 Å². The van der Waals surface area contributed by atoms with Crippen molar-refractivity contribution in [3.8, 4) is 5.88 Å². The van der Waals surface area contributed by atoms with Crippen molar-refractivity contribution in [2.24, 2.45) is 0 Å². The summed E-state index contributed by atoms with van der Waals surface area (Å²) in [4.78, 5) is 28.3. The van der Waals surface area contributed by atoms with Crippen LogP contribution in [-0.2, 0) is 0 Å². The van der Waals surface area contributed by atoms with Crippen molar-refractivity contribution in [2.45, 2.75) is 6.92 Å². The zero-order chi connectivity index (χ0) is 17.6. The third-order valence-corrected chi connectivity index (χ3v) is 3.18. The largest absolute Gasteiger partial charge is 0.418 e. The summed E-state index contributed by atoms with van der Waals surface area (Å²) in [6, 6.07) is 6.71. The minimum atomic E-state index is -0.713. The molecule has 0 fully saturated rings. The molecule has 0 aliphatic rings. The highest BCUT2D eigenvalue weighted by atomic mass is 35.5. The van der Waals surface area contributed by atoms with E-state index in [1.54, 1.807) is 49.8 Å². The first-order valence-corrected chi connectivity index (χ1v) is 7.58. The van der Waals surface area contributed by atoms with Gasteiger partial charge in [0.2, 0.25) is 0 Å². The van der Waals surface area contributed by atoms with Gasteiger partial charge in [0.1, 0.15) is 6.33 Å². The second-order valence-corrected chi connectivity index (χ2v) is 5.38. The molecule has 0 unspecified atom stereocenters. The molecule has 0 aliphatic heterocycles. The van der Waals surface area contributed by atoms with Crippen molar-refractivity contribution < 1.29 is 9.53 Å². The average molecular weight is 393 g/mol. The number of nitrogens with one attached hydrogen (secondary N) is 2. The Morgan fingerprint density at radius 3 is 2.65 bits per heavy atom. The van der Waals surface area contributed by atoms with Gasteiger partial charge in [0, 0.05) is 10.7 Å². The number of rotatable bonds is 4. The lowest BCUT2D eigenvalue weighted by molar-refractivity contribution is 0.213. The zero-order valence-corrected chi connectivity index (χ0v) is 15.1.